The van der Waals surface area contributed by atoms with Crippen LogP contribution < -0.4 is 24.8 Å². The van der Waals surface area contributed by atoms with Gasteiger partial charge in [-0.1, -0.05) is 17.7 Å². The Morgan fingerprint density at radius 1 is 0.829 bits per heavy atom. The number of nitrogens with zero attached hydrogens (tertiary/aromatic N) is 1. The number of methoxy groups -OCH3 is 2. The van der Waals surface area contributed by atoms with Crippen LogP contribution in [0.3, 0.4) is 0 Å². The average molecular weight is 492 g/mol. The Morgan fingerprint density at radius 3 is 2.20 bits per heavy atom. The molecule has 1 heterocycles. The first-order valence-corrected chi connectivity index (χ1v) is 11.0. The zero-order chi connectivity index (χ0) is 24.8. The molecule has 2 N–H and O–H groups in total. The molecular weight excluding hydrogens is 470 g/mol. The summed E-state index contributed by atoms with van der Waals surface area (Å²) >= 11 is 5.91. The fourth-order valence-electron chi connectivity index (χ4n) is 3.39. The maximum absolute atomic E-state index is 12.3. The normalized spacial score (nSPS) is 10.5. The summed E-state index contributed by atoms with van der Waals surface area (Å²) in [6.45, 7) is 0. The van der Waals surface area contributed by atoms with Crippen LogP contribution in [0.15, 0.2) is 72.9 Å². The summed E-state index contributed by atoms with van der Waals surface area (Å²) in [4.78, 5) is 28.7. The number of hydrogen-bond acceptors (Lipinski definition) is 6. The van der Waals surface area contributed by atoms with E-state index in [0.717, 1.165) is 5.39 Å². The van der Waals surface area contributed by atoms with E-state index in [1.54, 1.807) is 87.1 Å². The lowest BCUT2D eigenvalue weighted by atomic mass is 10.2. The quantitative estimate of drug-likeness (QED) is 0.308. The van der Waals surface area contributed by atoms with Gasteiger partial charge in [-0.3, -0.25) is 14.6 Å². The van der Waals surface area contributed by atoms with E-state index in [1.807, 2.05) is 0 Å². The van der Waals surface area contributed by atoms with Gasteiger partial charge >= 0.3 is 0 Å². The van der Waals surface area contributed by atoms with E-state index < -0.39 is 11.8 Å². The molecule has 0 aliphatic carbocycles. The maximum Gasteiger partial charge on any atom is 0.233 e. The first kappa shape index (κ1) is 23.8. The predicted octanol–water partition coefficient (Wildman–Crippen LogP) is 5.67. The molecule has 0 fully saturated rings. The van der Waals surface area contributed by atoms with E-state index in [0.29, 0.717) is 44.9 Å². The van der Waals surface area contributed by atoms with Crippen LogP contribution in [-0.4, -0.2) is 31.0 Å². The van der Waals surface area contributed by atoms with Crippen LogP contribution in [0, 0.1) is 0 Å². The van der Waals surface area contributed by atoms with Crippen LogP contribution in [-0.2, 0) is 9.59 Å². The molecule has 0 radical (unpaired) electrons. The number of aromatic nitrogens is 1. The van der Waals surface area contributed by atoms with Gasteiger partial charge in [0.25, 0.3) is 0 Å². The number of carbonyl (C=O) groups excluding carboxylic acids is 2. The van der Waals surface area contributed by atoms with Crippen LogP contribution in [0.4, 0.5) is 11.4 Å². The van der Waals surface area contributed by atoms with Gasteiger partial charge in [0.05, 0.1) is 19.7 Å². The molecule has 0 aliphatic heterocycles. The topological polar surface area (TPSA) is 98.8 Å². The second-order valence-electron chi connectivity index (χ2n) is 7.44. The van der Waals surface area contributed by atoms with Gasteiger partial charge in [0.15, 0.2) is 11.5 Å². The van der Waals surface area contributed by atoms with E-state index in [-0.39, 0.29) is 6.42 Å². The standard InChI is InChI=1S/C26H22ClN3O5/c1-33-23-13-20-21(14-24(23)34-2)28-11-10-22(20)35-19-8-6-17(7-9-19)29-25(31)15-26(32)30-18-5-3-4-16(27)12-18/h3-14H,15H2,1-2H3,(H,29,31)(H,30,32). The summed E-state index contributed by atoms with van der Waals surface area (Å²) in [6.07, 6.45) is 1.31. The summed E-state index contributed by atoms with van der Waals surface area (Å²) < 4.78 is 16.8. The fourth-order valence-corrected chi connectivity index (χ4v) is 3.58. The zero-order valence-corrected chi connectivity index (χ0v) is 19.8. The van der Waals surface area contributed by atoms with E-state index in [2.05, 4.69) is 15.6 Å². The Balaban J connectivity index is 1.40. The smallest absolute Gasteiger partial charge is 0.233 e. The van der Waals surface area contributed by atoms with Crippen molar-refractivity contribution >= 4 is 45.7 Å². The lowest BCUT2D eigenvalue weighted by molar-refractivity contribution is -0.123. The largest absolute Gasteiger partial charge is 0.493 e. The summed E-state index contributed by atoms with van der Waals surface area (Å²) in [5.41, 5.74) is 1.75. The Hall–Kier alpha value is -4.30. The molecule has 3 aromatic carbocycles. The number of nitrogens with one attached hydrogen (secondary N) is 2. The van der Waals surface area contributed by atoms with Crippen molar-refractivity contribution in [1.29, 1.82) is 0 Å². The molecule has 0 bridgehead atoms. The molecule has 0 spiro atoms. The molecule has 1 aromatic heterocycles. The number of rotatable bonds is 8. The molecular formula is C26H22ClN3O5. The number of benzene rings is 3. The number of fused-ring (bicyclic) bond motifs is 1. The molecule has 178 valence electrons. The van der Waals surface area contributed by atoms with Crippen LogP contribution in [0.25, 0.3) is 10.9 Å². The van der Waals surface area contributed by atoms with Crippen molar-refractivity contribution in [3.05, 3.63) is 77.9 Å². The summed E-state index contributed by atoms with van der Waals surface area (Å²) in [5, 5.41) is 6.59. The molecule has 2 amide bonds. The number of anilines is 2. The number of hydrogen-bond donors (Lipinski definition) is 2. The lowest BCUT2D eigenvalue weighted by Gasteiger charge is -2.12. The van der Waals surface area contributed by atoms with E-state index >= 15 is 0 Å². The minimum Gasteiger partial charge on any atom is -0.493 e. The van der Waals surface area contributed by atoms with E-state index in [9.17, 15) is 9.59 Å². The SMILES string of the molecule is COc1cc2nccc(Oc3ccc(NC(=O)CC(=O)Nc4cccc(Cl)c4)cc3)c2cc1OC. The molecule has 0 atom stereocenters. The van der Waals surface area contributed by atoms with E-state index in [1.165, 1.54) is 0 Å². The van der Waals surface area contributed by atoms with Crippen molar-refractivity contribution in [3.63, 3.8) is 0 Å². The second-order valence-corrected chi connectivity index (χ2v) is 7.88. The van der Waals surface area contributed by atoms with Crippen molar-refractivity contribution in [1.82, 2.24) is 4.98 Å². The van der Waals surface area contributed by atoms with Gasteiger partial charge in [-0.25, -0.2) is 0 Å². The highest BCUT2D eigenvalue weighted by Crippen LogP contribution is 2.37. The molecule has 0 aliphatic rings. The molecule has 8 nitrogen and oxygen atoms in total. The highest BCUT2D eigenvalue weighted by atomic mass is 35.5. The molecule has 0 saturated carbocycles. The maximum atomic E-state index is 12.3. The van der Waals surface area contributed by atoms with Crippen molar-refractivity contribution in [3.8, 4) is 23.0 Å². The van der Waals surface area contributed by atoms with Crippen LogP contribution >= 0.6 is 11.6 Å². The first-order chi connectivity index (χ1) is 16.9. The number of carbonyl (C=O) groups is 2. The zero-order valence-electron chi connectivity index (χ0n) is 19.0. The second kappa shape index (κ2) is 10.8. The molecule has 35 heavy (non-hydrogen) atoms. The molecule has 0 unspecified atom stereocenters. The Labute approximate surface area is 206 Å². The van der Waals surface area contributed by atoms with Gasteiger partial charge in [0, 0.05) is 34.0 Å². The highest BCUT2D eigenvalue weighted by Gasteiger charge is 2.13. The Morgan fingerprint density at radius 2 is 1.51 bits per heavy atom. The Kier molecular flexibility index (Phi) is 7.32. The number of pyridine rings is 1. The lowest BCUT2D eigenvalue weighted by Crippen LogP contribution is -2.21. The van der Waals surface area contributed by atoms with Crippen molar-refractivity contribution in [2.24, 2.45) is 0 Å². The van der Waals surface area contributed by atoms with Gasteiger partial charge in [0.2, 0.25) is 11.8 Å². The van der Waals surface area contributed by atoms with Crippen LogP contribution in [0.2, 0.25) is 5.02 Å². The van der Waals surface area contributed by atoms with Gasteiger partial charge in [-0.15, -0.1) is 0 Å². The summed E-state index contributed by atoms with van der Waals surface area (Å²) in [5.74, 6) is 1.40. The van der Waals surface area contributed by atoms with Crippen LogP contribution in [0.5, 0.6) is 23.0 Å². The minimum absolute atomic E-state index is 0.334. The third kappa shape index (κ3) is 5.99. The monoisotopic (exact) mass is 491 g/mol. The number of ether oxygens (including phenoxy) is 3. The van der Waals surface area contributed by atoms with Gasteiger partial charge in [0.1, 0.15) is 17.9 Å². The molecule has 0 saturated heterocycles. The fraction of sp³-hybridized carbons (Fsp3) is 0.115. The average Bonchev–Trinajstić information content (AvgIpc) is 2.84. The first-order valence-electron chi connectivity index (χ1n) is 10.6. The van der Waals surface area contributed by atoms with Crippen molar-refractivity contribution in [2.75, 3.05) is 24.9 Å². The Bertz CT molecular complexity index is 1380. The van der Waals surface area contributed by atoms with Crippen molar-refractivity contribution in [2.45, 2.75) is 6.42 Å². The van der Waals surface area contributed by atoms with Crippen molar-refractivity contribution < 1.29 is 23.8 Å². The van der Waals surface area contributed by atoms with Gasteiger partial charge in [-0.05, 0) is 54.6 Å². The molecule has 4 aromatic rings. The highest BCUT2D eigenvalue weighted by molar-refractivity contribution is 6.30. The van der Waals surface area contributed by atoms with Gasteiger partial charge < -0.3 is 24.8 Å². The number of halogens is 1. The predicted molar refractivity (Wildman–Crippen MR) is 135 cm³/mol. The third-order valence-corrected chi connectivity index (χ3v) is 5.24. The molecule has 9 heteroatoms. The third-order valence-electron chi connectivity index (χ3n) is 5.00. The summed E-state index contributed by atoms with van der Waals surface area (Å²) in [7, 11) is 3.13. The number of amides is 2. The summed E-state index contributed by atoms with van der Waals surface area (Å²) in [6, 6.07) is 18.9. The van der Waals surface area contributed by atoms with E-state index in [4.69, 9.17) is 25.8 Å². The minimum atomic E-state index is -0.445. The molecule has 4 rings (SSSR count). The van der Waals surface area contributed by atoms with Gasteiger partial charge in [-0.2, -0.15) is 0 Å². The van der Waals surface area contributed by atoms with Crippen LogP contribution in [0.1, 0.15) is 6.42 Å².